The third-order valence-corrected chi connectivity index (χ3v) is 7.22. The minimum Gasteiger partial charge on any atom is -0.497 e. The third kappa shape index (κ3) is 7.64. The minimum absolute atomic E-state index is 0.108. The molecule has 0 saturated carbocycles. The summed E-state index contributed by atoms with van der Waals surface area (Å²) in [6, 6.07) is 5.69. The Morgan fingerprint density at radius 3 is 2.10 bits per heavy atom. The molecule has 0 heterocycles. The Balaban J connectivity index is 3.30. The zero-order valence-electron chi connectivity index (χ0n) is 18.9. The van der Waals surface area contributed by atoms with Gasteiger partial charge in [-0.25, -0.2) is 13.2 Å². The molecule has 0 aliphatic heterocycles. The highest BCUT2D eigenvalue weighted by Gasteiger charge is 2.50. The second-order valence-electron chi connectivity index (χ2n) is 7.41. The number of carboxylic acids is 1. The maximum absolute atomic E-state index is 13.4. The minimum atomic E-state index is -4.31. The molecule has 0 aromatic heterocycles. The first kappa shape index (κ1) is 26.6. The molecule has 1 N–H and O–H groups in total. The predicted molar refractivity (Wildman–Crippen MR) is 124 cm³/mol. The molecule has 0 bridgehead atoms. The molecular weight excluding hydrogens is 412 g/mol. The molecule has 1 aromatic rings. The third-order valence-electron chi connectivity index (χ3n) is 4.99. The number of unbranched alkanes of at least 4 members (excludes halogenated alkanes) is 7. The van der Waals surface area contributed by atoms with E-state index in [1.54, 1.807) is 0 Å². The van der Waals surface area contributed by atoms with Gasteiger partial charge in [0.05, 0.1) is 18.4 Å². The number of ether oxygens (including phenoxy) is 1. The van der Waals surface area contributed by atoms with Crippen LogP contribution < -0.4 is 4.74 Å². The molecular formula is C25H34O5S. The fourth-order valence-electron chi connectivity index (χ4n) is 2.99. The molecule has 170 valence electrons. The van der Waals surface area contributed by atoms with E-state index in [0.717, 1.165) is 44.9 Å². The number of aliphatic carboxylic acids is 1. The van der Waals surface area contributed by atoms with Crippen LogP contribution in [0.4, 0.5) is 0 Å². The van der Waals surface area contributed by atoms with E-state index < -0.39 is 20.6 Å². The predicted octanol–water partition coefficient (Wildman–Crippen LogP) is 5.24. The molecule has 0 aliphatic carbocycles. The van der Waals surface area contributed by atoms with Crippen molar-refractivity contribution in [1.82, 2.24) is 0 Å². The molecule has 0 radical (unpaired) electrons. The summed E-state index contributed by atoms with van der Waals surface area (Å²) in [5.74, 6) is 10.1. The molecule has 0 saturated heterocycles. The summed E-state index contributed by atoms with van der Waals surface area (Å²) in [6.07, 6.45) is 7.60. The van der Waals surface area contributed by atoms with E-state index in [-0.39, 0.29) is 11.3 Å². The summed E-state index contributed by atoms with van der Waals surface area (Å²) in [6.45, 7) is 4.18. The number of benzene rings is 1. The van der Waals surface area contributed by atoms with Crippen LogP contribution in [0.3, 0.4) is 0 Å². The Morgan fingerprint density at radius 1 is 0.935 bits per heavy atom. The average Bonchev–Trinajstić information content (AvgIpc) is 2.76. The van der Waals surface area contributed by atoms with E-state index in [4.69, 9.17) is 4.74 Å². The van der Waals surface area contributed by atoms with Crippen molar-refractivity contribution in [3.05, 3.63) is 24.3 Å². The van der Waals surface area contributed by atoms with Gasteiger partial charge in [-0.15, -0.1) is 11.8 Å². The van der Waals surface area contributed by atoms with E-state index in [1.807, 2.05) is 0 Å². The van der Waals surface area contributed by atoms with Crippen molar-refractivity contribution in [1.29, 1.82) is 0 Å². The van der Waals surface area contributed by atoms with Crippen molar-refractivity contribution >= 4 is 15.8 Å². The second kappa shape index (κ2) is 13.8. The van der Waals surface area contributed by atoms with Crippen molar-refractivity contribution in [2.75, 3.05) is 7.11 Å². The fourth-order valence-corrected chi connectivity index (χ4v) is 4.59. The van der Waals surface area contributed by atoms with Gasteiger partial charge in [-0.3, -0.25) is 0 Å². The van der Waals surface area contributed by atoms with E-state index in [0.29, 0.717) is 18.6 Å². The summed E-state index contributed by atoms with van der Waals surface area (Å²) >= 11 is 0. The van der Waals surface area contributed by atoms with Gasteiger partial charge in [0.2, 0.25) is 14.6 Å². The van der Waals surface area contributed by atoms with Crippen molar-refractivity contribution < 1.29 is 23.1 Å². The van der Waals surface area contributed by atoms with Crippen LogP contribution in [-0.2, 0) is 14.6 Å². The van der Waals surface area contributed by atoms with Gasteiger partial charge in [0.25, 0.3) is 0 Å². The van der Waals surface area contributed by atoms with Crippen LogP contribution in [0.1, 0.15) is 78.1 Å². The lowest BCUT2D eigenvalue weighted by Crippen LogP contribution is -2.45. The molecule has 0 spiro atoms. The van der Waals surface area contributed by atoms with E-state index >= 15 is 0 Å². The van der Waals surface area contributed by atoms with Crippen LogP contribution in [0.2, 0.25) is 0 Å². The number of sulfone groups is 1. The highest BCUT2D eigenvalue weighted by molar-refractivity contribution is 7.94. The first-order chi connectivity index (χ1) is 14.9. The topological polar surface area (TPSA) is 80.7 Å². The summed E-state index contributed by atoms with van der Waals surface area (Å²) in [4.78, 5) is 12.2. The van der Waals surface area contributed by atoms with E-state index in [1.165, 1.54) is 31.4 Å². The summed E-state index contributed by atoms with van der Waals surface area (Å²) in [7, 11) is -2.84. The molecule has 0 amide bonds. The van der Waals surface area contributed by atoms with Gasteiger partial charge < -0.3 is 9.84 Å². The number of methoxy groups -OCH3 is 1. The van der Waals surface area contributed by atoms with Crippen LogP contribution in [0, 0.1) is 23.7 Å². The van der Waals surface area contributed by atoms with Crippen molar-refractivity contribution in [3.63, 3.8) is 0 Å². The van der Waals surface area contributed by atoms with Gasteiger partial charge in [0.15, 0.2) is 0 Å². The standard InChI is InChI=1S/C25H34O5S/c1-4-6-8-10-12-14-20-25(24(26)27,21-15-13-11-9-7-5-2)31(28,29)23-18-16-22(30-3)17-19-23/h16-19H,4-12,21H2,1-3H3,(H,26,27). The molecule has 31 heavy (non-hydrogen) atoms. The summed E-state index contributed by atoms with van der Waals surface area (Å²) < 4.78 is 29.6. The maximum atomic E-state index is 13.4. The molecule has 1 aromatic carbocycles. The number of carbonyl (C=O) groups is 1. The Hall–Kier alpha value is -2.44. The van der Waals surface area contributed by atoms with Crippen molar-refractivity contribution in [2.24, 2.45) is 0 Å². The Kier molecular flexibility index (Phi) is 11.8. The second-order valence-corrected chi connectivity index (χ2v) is 9.59. The molecule has 0 aliphatic rings. The van der Waals surface area contributed by atoms with Gasteiger partial charge in [0, 0.05) is 12.8 Å². The van der Waals surface area contributed by atoms with Gasteiger partial charge in [-0.2, -0.15) is 0 Å². The quantitative estimate of drug-likeness (QED) is 0.351. The van der Waals surface area contributed by atoms with E-state index in [2.05, 4.69) is 37.5 Å². The SMILES string of the molecule is CCCCCC#CCC(C#CCCCCCC)(C(=O)O)S(=O)(=O)c1ccc(OC)cc1. The average molecular weight is 447 g/mol. The summed E-state index contributed by atoms with van der Waals surface area (Å²) in [5.41, 5.74) is 0. The smallest absolute Gasteiger partial charge is 0.338 e. The molecule has 1 atom stereocenters. The summed E-state index contributed by atoms with van der Waals surface area (Å²) in [5, 5.41) is 10.0. The lowest BCUT2D eigenvalue weighted by Gasteiger charge is -2.22. The Bertz CT molecular complexity index is 911. The van der Waals surface area contributed by atoms with Crippen LogP contribution in [0.5, 0.6) is 5.75 Å². The van der Waals surface area contributed by atoms with E-state index in [9.17, 15) is 18.3 Å². The Morgan fingerprint density at radius 2 is 1.52 bits per heavy atom. The fraction of sp³-hybridized carbons (Fsp3) is 0.560. The number of hydrogen-bond acceptors (Lipinski definition) is 4. The van der Waals surface area contributed by atoms with Crippen LogP contribution in [0.25, 0.3) is 0 Å². The monoisotopic (exact) mass is 446 g/mol. The number of hydrogen-bond donors (Lipinski definition) is 1. The molecule has 0 fully saturated rings. The highest BCUT2D eigenvalue weighted by Crippen LogP contribution is 2.30. The molecule has 5 nitrogen and oxygen atoms in total. The molecule has 6 heteroatoms. The molecule has 1 unspecified atom stereocenters. The largest absolute Gasteiger partial charge is 0.497 e. The lowest BCUT2D eigenvalue weighted by atomic mass is 10.0. The van der Waals surface area contributed by atoms with Crippen LogP contribution >= 0.6 is 0 Å². The lowest BCUT2D eigenvalue weighted by molar-refractivity contribution is -0.138. The van der Waals surface area contributed by atoms with Crippen LogP contribution in [-0.4, -0.2) is 31.4 Å². The molecule has 1 rings (SSSR count). The first-order valence-electron chi connectivity index (χ1n) is 10.9. The van der Waals surface area contributed by atoms with Gasteiger partial charge in [0.1, 0.15) is 5.75 Å². The van der Waals surface area contributed by atoms with Gasteiger partial charge >= 0.3 is 5.97 Å². The number of carboxylic acid groups (broad SMARTS) is 1. The maximum Gasteiger partial charge on any atom is 0.338 e. The van der Waals surface area contributed by atoms with Gasteiger partial charge in [-0.1, -0.05) is 57.8 Å². The van der Waals surface area contributed by atoms with Gasteiger partial charge in [-0.05, 0) is 37.1 Å². The van der Waals surface area contributed by atoms with Crippen molar-refractivity contribution in [3.8, 4) is 29.4 Å². The highest BCUT2D eigenvalue weighted by atomic mass is 32.2. The Labute approximate surface area is 187 Å². The van der Waals surface area contributed by atoms with Crippen molar-refractivity contribution in [2.45, 2.75) is 87.7 Å². The van der Waals surface area contributed by atoms with Crippen LogP contribution in [0.15, 0.2) is 29.2 Å². The first-order valence-corrected chi connectivity index (χ1v) is 12.4. The number of rotatable bonds is 12. The zero-order valence-corrected chi connectivity index (χ0v) is 19.7. The zero-order chi connectivity index (χ0) is 23.2. The normalized spacial score (nSPS) is 12.6.